The van der Waals surface area contributed by atoms with Crippen LogP contribution < -0.4 is 0 Å². The molecule has 0 aliphatic rings. The highest BCUT2D eigenvalue weighted by Gasteiger charge is 1.65. The van der Waals surface area contributed by atoms with Crippen molar-refractivity contribution in [2.24, 2.45) is 0 Å². The Balaban J connectivity index is -0.0000000750. The van der Waals surface area contributed by atoms with Gasteiger partial charge < -0.3 is 5.11 Å². The minimum absolute atomic E-state index is 0.833. The van der Waals surface area contributed by atoms with Crippen LogP contribution in [0.2, 0.25) is 0 Å². The van der Waals surface area contributed by atoms with E-state index in [0.29, 0.717) is 0 Å². The summed E-state index contributed by atoms with van der Waals surface area (Å²) in [7, 11) is 0. The number of hydrogen-bond acceptors (Lipinski definition) is 3. The number of carbonyl (C=O) groups excluding carboxylic acids is 2. The maximum Gasteiger partial charge on any atom is 0.300 e. The largest absolute Gasteiger partial charge is 0.481 e. The molecule has 0 unspecified atom stereocenters. The van der Waals surface area contributed by atoms with Gasteiger partial charge in [0.05, 0.1) is 0 Å². The zero-order valence-corrected chi connectivity index (χ0v) is 5.59. The average molecular weight is 144 g/mol. The van der Waals surface area contributed by atoms with Gasteiger partial charge in [0, 0.05) is 6.92 Å². The van der Waals surface area contributed by atoms with Crippen molar-refractivity contribution in [3.63, 3.8) is 0 Å². The predicted octanol–water partition coefficient (Wildman–Crippen LogP) is 0.0989. The summed E-state index contributed by atoms with van der Waals surface area (Å²) in [6.07, 6.45) is 0. The van der Waals surface area contributed by atoms with Crippen LogP contribution in [-0.4, -0.2) is 23.0 Å². The van der Waals surface area contributed by atoms with Gasteiger partial charge in [-0.1, -0.05) is 0 Å². The summed E-state index contributed by atoms with van der Waals surface area (Å²) in [5.41, 5.74) is 0. The van der Waals surface area contributed by atoms with Crippen LogP contribution >= 0.6 is 0 Å². The van der Waals surface area contributed by atoms with Crippen molar-refractivity contribution in [3.05, 3.63) is 13.2 Å². The molecule has 0 atom stereocenters. The molecule has 0 fully saturated rings. The first-order chi connectivity index (χ1) is 4.56. The lowest BCUT2D eigenvalue weighted by Crippen LogP contribution is -1.78. The molecule has 0 aliphatic carbocycles. The average Bonchev–Trinajstić information content (AvgIpc) is 1.65. The molecule has 0 aromatic carbocycles. The molecule has 0 heterocycles. The van der Waals surface area contributed by atoms with Crippen LogP contribution in [0, 0.1) is 0 Å². The van der Waals surface area contributed by atoms with Crippen LogP contribution in [0.5, 0.6) is 0 Å². The Labute approximate surface area is 58.5 Å². The molecule has 56 valence electrons. The first-order valence-electron chi connectivity index (χ1n) is 2.04. The summed E-state index contributed by atoms with van der Waals surface area (Å²) < 4.78 is 0. The molecule has 0 rings (SSSR count). The SMILES string of the molecule is C=C=O.C=C=O.CC(=O)O. The van der Waals surface area contributed by atoms with Gasteiger partial charge >= 0.3 is 0 Å². The summed E-state index contributed by atoms with van der Waals surface area (Å²) in [4.78, 5) is 26.1. The van der Waals surface area contributed by atoms with Crippen molar-refractivity contribution in [1.82, 2.24) is 0 Å². The normalized spacial score (nSPS) is 4.10. The number of rotatable bonds is 0. The van der Waals surface area contributed by atoms with Crippen molar-refractivity contribution in [2.45, 2.75) is 6.92 Å². The van der Waals surface area contributed by atoms with E-state index in [0.717, 1.165) is 6.92 Å². The van der Waals surface area contributed by atoms with Gasteiger partial charge in [-0.05, 0) is 13.2 Å². The Bertz CT molecular complexity index is 120. The number of carboxylic acid groups (broad SMARTS) is 1. The minimum atomic E-state index is -0.833. The molecule has 10 heavy (non-hydrogen) atoms. The Morgan fingerprint density at radius 2 is 1.30 bits per heavy atom. The lowest BCUT2D eigenvalue weighted by molar-refractivity contribution is -0.134. The summed E-state index contributed by atoms with van der Waals surface area (Å²) in [6, 6.07) is 0. The van der Waals surface area contributed by atoms with E-state index in [1.165, 1.54) is 11.9 Å². The Kier molecular flexibility index (Phi) is 41.5. The first-order valence-corrected chi connectivity index (χ1v) is 2.04. The summed E-state index contributed by atoms with van der Waals surface area (Å²) in [5.74, 6) is 1.67. The maximum absolute atomic E-state index is 9.00. The third-order valence-corrected chi connectivity index (χ3v) is 0. The van der Waals surface area contributed by atoms with Gasteiger partial charge in [0.2, 0.25) is 0 Å². The molecule has 4 heteroatoms. The zero-order chi connectivity index (χ0) is 8.99. The Morgan fingerprint density at radius 1 is 1.30 bits per heavy atom. The summed E-state index contributed by atoms with van der Waals surface area (Å²) >= 11 is 0. The fourth-order valence-electron chi connectivity index (χ4n) is 0. The van der Waals surface area contributed by atoms with Gasteiger partial charge in [-0.3, -0.25) is 4.79 Å². The number of carbonyl (C=O) groups is 1. The highest BCUT2D eigenvalue weighted by molar-refractivity contribution is 5.62. The van der Waals surface area contributed by atoms with E-state index in [2.05, 4.69) is 13.2 Å². The molecule has 1 N–H and O–H groups in total. The van der Waals surface area contributed by atoms with Crippen molar-refractivity contribution in [3.8, 4) is 0 Å². The van der Waals surface area contributed by atoms with Crippen molar-refractivity contribution in [1.29, 1.82) is 0 Å². The van der Waals surface area contributed by atoms with Gasteiger partial charge in [0.25, 0.3) is 5.97 Å². The third kappa shape index (κ3) is 69.1. The van der Waals surface area contributed by atoms with Crippen LogP contribution in [-0.2, 0) is 14.4 Å². The highest BCUT2D eigenvalue weighted by atomic mass is 16.4. The van der Waals surface area contributed by atoms with Gasteiger partial charge in [0.15, 0.2) is 0 Å². The molecule has 0 radical (unpaired) electrons. The van der Waals surface area contributed by atoms with Crippen LogP contribution in [0.1, 0.15) is 6.92 Å². The molecule has 0 aromatic rings. The summed E-state index contributed by atoms with van der Waals surface area (Å²) in [6.45, 7) is 6.44. The second-order valence-electron chi connectivity index (χ2n) is 0.808. The van der Waals surface area contributed by atoms with Crippen molar-refractivity contribution < 1.29 is 19.5 Å². The van der Waals surface area contributed by atoms with E-state index in [1.807, 2.05) is 0 Å². The first kappa shape index (κ1) is 15.8. The van der Waals surface area contributed by atoms with Gasteiger partial charge in [-0.25, -0.2) is 9.59 Å². The molecule has 0 bridgehead atoms. The smallest absolute Gasteiger partial charge is 0.300 e. The fraction of sp³-hybridized carbons (Fsp3) is 0.167. The highest BCUT2D eigenvalue weighted by Crippen LogP contribution is 1.42. The van der Waals surface area contributed by atoms with E-state index in [9.17, 15) is 0 Å². The van der Waals surface area contributed by atoms with E-state index in [-0.39, 0.29) is 0 Å². The molecule has 0 aromatic heterocycles. The fourth-order valence-corrected chi connectivity index (χ4v) is 0. The molecular weight excluding hydrogens is 136 g/mol. The van der Waals surface area contributed by atoms with E-state index >= 15 is 0 Å². The molecule has 0 saturated heterocycles. The van der Waals surface area contributed by atoms with Gasteiger partial charge in [0.1, 0.15) is 11.9 Å². The molecule has 0 saturated carbocycles. The van der Waals surface area contributed by atoms with E-state index < -0.39 is 5.97 Å². The molecule has 4 nitrogen and oxygen atoms in total. The number of aliphatic carboxylic acids is 1. The molecular formula is C6H8O4. The number of hydrogen-bond donors (Lipinski definition) is 1. The van der Waals surface area contributed by atoms with Crippen LogP contribution in [0.25, 0.3) is 0 Å². The predicted molar refractivity (Wildman–Crippen MR) is 36.0 cm³/mol. The van der Waals surface area contributed by atoms with E-state index in [1.54, 1.807) is 0 Å². The molecule has 0 aliphatic heterocycles. The minimum Gasteiger partial charge on any atom is -0.481 e. The topological polar surface area (TPSA) is 71.4 Å². The quantitative estimate of drug-likeness (QED) is 0.489. The molecule has 0 spiro atoms. The lowest BCUT2D eigenvalue weighted by Gasteiger charge is -1.59. The van der Waals surface area contributed by atoms with Crippen LogP contribution in [0.15, 0.2) is 13.2 Å². The maximum atomic E-state index is 9.00. The zero-order valence-electron chi connectivity index (χ0n) is 5.59. The van der Waals surface area contributed by atoms with Gasteiger partial charge in [-0.2, -0.15) is 0 Å². The Morgan fingerprint density at radius 3 is 1.30 bits per heavy atom. The second kappa shape index (κ2) is 26.3. The third-order valence-electron chi connectivity index (χ3n) is 0. The van der Waals surface area contributed by atoms with Crippen LogP contribution in [0.4, 0.5) is 0 Å². The van der Waals surface area contributed by atoms with Crippen LogP contribution in [0.3, 0.4) is 0 Å². The summed E-state index contributed by atoms with van der Waals surface area (Å²) in [5, 5.41) is 7.42. The van der Waals surface area contributed by atoms with Gasteiger partial charge in [-0.15, -0.1) is 0 Å². The monoisotopic (exact) mass is 144 g/mol. The van der Waals surface area contributed by atoms with E-state index in [4.69, 9.17) is 19.5 Å². The Hall–Kier alpha value is -1.63. The second-order valence-corrected chi connectivity index (χ2v) is 0.808. The lowest BCUT2D eigenvalue weighted by atomic mass is 10.9. The van der Waals surface area contributed by atoms with Crippen molar-refractivity contribution >= 4 is 17.9 Å². The molecule has 0 amide bonds. The van der Waals surface area contributed by atoms with Crippen molar-refractivity contribution in [2.75, 3.05) is 0 Å². The standard InChI is InChI=1S/C2H4O2.2C2H2O/c1-2(3)4;2*1-2-3/h1H3,(H,3,4);2*1H2. The number of carboxylic acids is 1.